The monoisotopic (exact) mass is 335 g/mol. The lowest BCUT2D eigenvalue weighted by Gasteiger charge is -2.36. The van der Waals surface area contributed by atoms with E-state index in [1.165, 1.54) is 0 Å². The Morgan fingerprint density at radius 3 is 2.24 bits per heavy atom. The summed E-state index contributed by atoms with van der Waals surface area (Å²) in [5, 5.41) is 12.3. The first-order valence-electron chi connectivity index (χ1n) is 6.67. The fourth-order valence-corrected chi connectivity index (χ4v) is 2.27. The fourth-order valence-electron chi connectivity index (χ4n) is 2.27. The number of carbonyl (C=O) groups is 1. The first-order valence-corrected chi connectivity index (χ1v) is 6.67. The van der Waals surface area contributed by atoms with Crippen molar-refractivity contribution in [1.82, 2.24) is 10.2 Å². The summed E-state index contributed by atoms with van der Waals surface area (Å²) < 4.78 is 0. The lowest BCUT2D eigenvalue weighted by molar-refractivity contribution is -0.131. The van der Waals surface area contributed by atoms with E-state index in [1.807, 2.05) is 24.1 Å². The minimum absolute atomic E-state index is 0. The third kappa shape index (κ3) is 5.61. The molecule has 5 nitrogen and oxygen atoms in total. The van der Waals surface area contributed by atoms with Gasteiger partial charge in [-0.25, -0.2) is 0 Å². The summed E-state index contributed by atoms with van der Waals surface area (Å²) in [6.45, 7) is 3.95. The molecule has 1 fully saturated rings. The van der Waals surface area contributed by atoms with Crippen molar-refractivity contribution >= 4 is 36.4 Å². The number of nitrogens with zero attached hydrogens (tertiary/aromatic N) is 2. The van der Waals surface area contributed by atoms with Crippen LogP contribution in [0.4, 0.5) is 5.69 Å². The van der Waals surface area contributed by atoms with E-state index in [0.717, 1.165) is 38.4 Å². The Kier molecular flexibility index (Phi) is 9.17. The van der Waals surface area contributed by atoms with Crippen molar-refractivity contribution in [2.75, 3.05) is 44.7 Å². The van der Waals surface area contributed by atoms with E-state index in [0.29, 0.717) is 6.42 Å². The van der Waals surface area contributed by atoms with Gasteiger partial charge >= 0.3 is 0 Å². The predicted octanol–water partition coefficient (Wildman–Crippen LogP) is 1.49. The Hall–Kier alpha value is -1.17. The highest BCUT2D eigenvalue weighted by atomic mass is 35.5. The highest BCUT2D eigenvalue weighted by Gasteiger charge is 2.20. The van der Waals surface area contributed by atoms with Crippen molar-refractivity contribution in [3.05, 3.63) is 24.3 Å². The molecule has 120 valence electrons. The molecular formula is C14H23Cl2N3O2. The maximum atomic E-state index is 11.9. The number of nitrogens with one attached hydrogen (secondary N) is 1. The van der Waals surface area contributed by atoms with E-state index < -0.39 is 0 Å². The van der Waals surface area contributed by atoms with E-state index in [1.54, 1.807) is 12.1 Å². The molecule has 1 heterocycles. The third-order valence-electron chi connectivity index (χ3n) is 3.44. The normalized spacial score (nSPS) is 14.1. The summed E-state index contributed by atoms with van der Waals surface area (Å²) in [6.07, 6.45) is 0.565. The molecule has 1 aliphatic rings. The fraction of sp³-hybridized carbons (Fsp3) is 0.500. The van der Waals surface area contributed by atoms with Gasteiger partial charge in [0.25, 0.3) is 0 Å². The number of benzene rings is 1. The summed E-state index contributed by atoms with van der Waals surface area (Å²) in [5.41, 5.74) is 1.10. The molecule has 0 aliphatic carbocycles. The first kappa shape index (κ1) is 19.8. The molecule has 0 bridgehead atoms. The molecule has 0 atom stereocenters. The quantitative estimate of drug-likeness (QED) is 0.875. The van der Waals surface area contributed by atoms with Crippen LogP contribution in [0.2, 0.25) is 0 Å². The Morgan fingerprint density at radius 1 is 1.14 bits per heavy atom. The number of piperazine rings is 1. The topological polar surface area (TPSA) is 55.8 Å². The van der Waals surface area contributed by atoms with Crippen molar-refractivity contribution in [2.24, 2.45) is 0 Å². The molecule has 2 N–H and O–H groups in total. The number of phenols is 1. The maximum Gasteiger partial charge on any atom is 0.223 e. The number of amides is 1. The first-order chi connectivity index (χ1) is 9.20. The van der Waals surface area contributed by atoms with Crippen LogP contribution >= 0.6 is 24.8 Å². The van der Waals surface area contributed by atoms with Crippen LogP contribution < -0.4 is 10.2 Å². The van der Waals surface area contributed by atoms with Gasteiger partial charge in [0, 0.05) is 44.8 Å². The zero-order valence-corrected chi connectivity index (χ0v) is 13.8. The van der Waals surface area contributed by atoms with Gasteiger partial charge in [0.15, 0.2) is 0 Å². The van der Waals surface area contributed by atoms with E-state index in [2.05, 4.69) is 10.2 Å². The molecule has 1 saturated heterocycles. The number of anilines is 1. The second kappa shape index (κ2) is 9.71. The van der Waals surface area contributed by atoms with Crippen LogP contribution in [-0.2, 0) is 4.79 Å². The zero-order valence-electron chi connectivity index (χ0n) is 12.1. The highest BCUT2D eigenvalue weighted by Crippen LogP contribution is 2.19. The van der Waals surface area contributed by atoms with Gasteiger partial charge in [-0.3, -0.25) is 4.79 Å². The van der Waals surface area contributed by atoms with Gasteiger partial charge in [-0.2, -0.15) is 0 Å². The van der Waals surface area contributed by atoms with E-state index in [9.17, 15) is 9.90 Å². The average Bonchev–Trinajstić information content (AvgIpc) is 2.46. The molecule has 1 aromatic carbocycles. The number of hydrogen-bond acceptors (Lipinski definition) is 4. The van der Waals surface area contributed by atoms with Crippen LogP contribution in [0.1, 0.15) is 6.42 Å². The van der Waals surface area contributed by atoms with Crippen molar-refractivity contribution in [3.8, 4) is 5.75 Å². The maximum absolute atomic E-state index is 11.9. The van der Waals surface area contributed by atoms with Crippen LogP contribution in [-0.4, -0.2) is 55.7 Å². The summed E-state index contributed by atoms with van der Waals surface area (Å²) >= 11 is 0. The van der Waals surface area contributed by atoms with Crippen molar-refractivity contribution in [2.45, 2.75) is 6.42 Å². The van der Waals surface area contributed by atoms with Crippen LogP contribution in [0.5, 0.6) is 5.75 Å². The smallest absolute Gasteiger partial charge is 0.223 e. The van der Waals surface area contributed by atoms with Crippen LogP contribution in [0.15, 0.2) is 24.3 Å². The standard InChI is InChI=1S/C14H21N3O2.2ClH/c1-15-7-6-14(19)17-10-8-16(9-11-17)12-2-4-13(18)5-3-12;;/h2-5,15,18H,6-11H2,1H3;2*1H. The van der Waals surface area contributed by atoms with Gasteiger partial charge in [-0.05, 0) is 31.3 Å². The Morgan fingerprint density at radius 2 is 1.71 bits per heavy atom. The van der Waals surface area contributed by atoms with Crippen LogP contribution in [0.3, 0.4) is 0 Å². The average molecular weight is 336 g/mol. The molecule has 7 heteroatoms. The van der Waals surface area contributed by atoms with Crippen LogP contribution in [0, 0.1) is 0 Å². The SMILES string of the molecule is CNCCC(=O)N1CCN(c2ccc(O)cc2)CC1.Cl.Cl. The Labute approximate surface area is 138 Å². The third-order valence-corrected chi connectivity index (χ3v) is 3.44. The summed E-state index contributed by atoms with van der Waals surface area (Å²) in [5.74, 6) is 0.504. The van der Waals surface area contributed by atoms with Gasteiger partial charge in [-0.1, -0.05) is 0 Å². The number of hydrogen-bond donors (Lipinski definition) is 2. The minimum atomic E-state index is 0. The van der Waals surface area contributed by atoms with Crippen molar-refractivity contribution in [3.63, 3.8) is 0 Å². The molecule has 21 heavy (non-hydrogen) atoms. The van der Waals surface area contributed by atoms with Gasteiger partial charge < -0.3 is 20.2 Å². The summed E-state index contributed by atoms with van der Waals surface area (Å²) in [4.78, 5) is 16.0. The van der Waals surface area contributed by atoms with E-state index >= 15 is 0 Å². The molecule has 1 aromatic rings. The molecule has 0 aromatic heterocycles. The number of rotatable bonds is 4. The molecule has 0 unspecified atom stereocenters. The molecule has 0 spiro atoms. The van der Waals surface area contributed by atoms with Crippen LogP contribution in [0.25, 0.3) is 0 Å². The second-order valence-electron chi connectivity index (χ2n) is 4.74. The predicted molar refractivity (Wildman–Crippen MR) is 89.9 cm³/mol. The largest absolute Gasteiger partial charge is 0.508 e. The molecule has 0 saturated carbocycles. The molecule has 1 aliphatic heterocycles. The van der Waals surface area contributed by atoms with Gasteiger partial charge in [-0.15, -0.1) is 24.8 Å². The van der Waals surface area contributed by atoms with E-state index in [-0.39, 0.29) is 36.5 Å². The molecule has 1 amide bonds. The molecular weight excluding hydrogens is 313 g/mol. The van der Waals surface area contributed by atoms with Gasteiger partial charge in [0.1, 0.15) is 5.75 Å². The Balaban J connectivity index is 0.00000200. The second-order valence-corrected chi connectivity index (χ2v) is 4.74. The highest BCUT2D eigenvalue weighted by molar-refractivity contribution is 5.85. The van der Waals surface area contributed by atoms with Gasteiger partial charge in [0.05, 0.1) is 0 Å². The molecule has 0 radical (unpaired) electrons. The number of carbonyl (C=O) groups excluding carboxylic acids is 1. The lowest BCUT2D eigenvalue weighted by Crippen LogP contribution is -2.49. The van der Waals surface area contributed by atoms with Crippen molar-refractivity contribution < 1.29 is 9.90 Å². The zero-order chi connectivity index (χ0) is 13.7. The van der Waals surface area contributed by atoms with Crippen molar-refractivity contribution in [1.29, 1.82) is 0 Å². The van der Waals surface area contributed by atoms with Gasteiger partial charge in [0.2, 0.25) is 5.91 Å². The number of halogens is 2. The lowest BCUT2D eigenvalue weighted by atomic mass is 10.2. The number of phenolic OH excluding ortho intramolecular Hbond substituents is 1. The minimum Gasteiger partial charge on any atom is -0.508 e. The number of aromatic hydroxyl groups is 1. The summed E-state index contributed by atoms with van der Waals surface area (Å²) in [7, 11) is 1.86. The summed E-state index contributed by atoms with van der Waals surface area (Å²) in [6, 6.07) is 7.21. The van der Waals surface area contributed by atoms with E-state index in [4.69, 9.17) is 0 Å². The molecule has 2 rings (SSSR count). The Bertz CT molecular complexity index is 421.